The molecule has 54 heavy (non-hydrogen) atoms. The van der Waals surface area contributed by atoms with Crippen molar-refractivity contribution in [2.45, 2.75) is 41.5 Å². The number of aryl methyl sites for hydroxylation is 6. The molecule has 0 atom stereocenters. The van der Waals surface area contributed by atoms with Crippen LogP contribution in [-0.4, -0.2) is 0 Å². The van der Waals surface area contributed by atoms with Gasteiger partial charge in [0.1, 0.15) is 0 Å². The van der Waals surface area contributed by atoms with Crippen molar-refractivity contribution in [3.63, 3.8) is 0 Å². The second-order valence-electron chi connectivity index (χ2n) is 14.4. The van der Waals surface area contributed by atoms with Crippen LogP contribution in [0.2, 0.25) is 0 Å². The van der Waals surface area contributed by atoms with E-state index >= 15 is 0 Å². The average Bonchev–Trinajstić information content (AvgIpc) is 3.17. The summed E-state index contributed by atoms with van der Waals surface area (Å²) >= 11 is 0. The SMILES string of the molecule is Cc1cccc(N(c2ccc(C=Cc3ccc(C=Cc4ccc(N(c5cccc(C)c5)c5ccc(C)cc5C)cc4)cc3)cc2)c2ccc(C)cc2C)c1. The Morgan fingerprint density at radius 1 is 0.296 bits per heavy atom. The van der Waals surface area contributed by atoms with Crippen molar-refractivity contribution >= 4 is 58.4 Å². The van der Waals surface area contributed by atoms with Gasteiger partial charge in [-0.15, -0.1) is 0 Å². The van der Waals surface area contributed by atoms with Crippen LogP contribution >= 0.6 is 0 Å². The van der Waals surface area contributed by atoms with Crippen molar-refractivity contribution in [1.82, 2.24) is 0 Å². The third kappa shape index (κ3) is 8.46. The Kier molecular flexibility index (Phi) is 10.7. The normalized spacial score (nSPS) is 11.4. The summed E-state index contributed by atoms with van der Waals surface area (Å²) in [6.07, 6.45) is 8.73. The van der Waals surface area contributed by atoms with Crippen molar-refractivity contribution < 1.29 is 0 Å². The van der Waals surface area contributed by atoms with Crippen molar-refractivity contribution in [2.24, 2.45) is 0 Å². The fourth-order valence-electron chi connectivity index (χ4n) is 7.07. The lowest BCUT2D eigenvalue weighted by molar-refractivity contribution is 1.23. The first-order chi connectivity index (χ1) is 26.2. The Morgan fingerprint density at radius 3 is 0.926 bits per heavy atom. The lowest BCUT2D eigenvalue weighted by atomic mass is 10.1. The predicted octanol–water partition coefficient (Wildman–Crippen LogP) is 14.8. The van der Waals surface area contributed by atoms with Gasteiger partial charge in [0.15, 0.2) is 0 Å². The summed E-state index contributed by atoms with van der Waals surface area (Å²) in [7, 11) is 0. The molecular weight excluding hydrogens is 653 g/mol. The molecule has 0 aromatic heterocycles. The molecule has 0 amide bonds. The van der Waals surface area contributed by atoms with Crippen LogP contribution in [0.4, 0.5) is 34.1 Å². The van der Waals surface area contributed by atoms with Gasteiger partial charge in [-0.1, -0.05) is 132 Å². The van der Waals surface area contributed by atoms with Crippen LogP contribution in [0.5, 0.6) is 0 Å². The molecule has 0 spiro atoms. The van der Waals surface area contributed by atoms with E-state index in [1.54, 1.807) is 0 Å². The summed E-state index contributed by atoms with van der Waals surface area (Å²) in [5.74, 6) is 0. The van der Waals surface area contributed by atoms with Gasteiger partial charge in [0.2, 0.25) is 0 Å². The van der Waals surface area contributed by atoms with E-state index in [4.69, 9.17) is 0 Å². The zero-order valence-electron chi connectivity index (χ0n) is 32.2. The minimum absolute atomic E-state index is 1.14. The fourth-order valence-corrected chi connectivity index (χ4v) is 7.07. The molecular formula is C52H48N2. The van der Waals surface area contributed by atoms with Crippen LogP contribution in [-0.2, 0) is 0 Å². The topological polar surface area (TPSA) is 6.48 Å². The number of anilines is 6. The highest BCUT2D eigenvalue weighted by molar-refractivity contribution is 5.82. The molecule has 0 aliphatic rings. The molecule has 7 rings (SSSR count). The van der Waals surface area contributed by atoms with E-state index in [0.717, 1.165) is 33.9 Å². The number of benzene rings is 7. The maximum atomic E-state index is 2.35. The molecule has 2 nitrogen and oxygen atoms in total. The molecule has 0 unspecified atom stereocenters. The van der Waals surface area contributed by atoms with Crippen LogP contribution < -0.4 is 9.80 Å². The summed E-state index contributed by atoms with van der Waals surface area (Å²) in [5.41, 5.74) is 19.2. The van der Waals surface area contributed by atoms with Crippen LogP contribution in [0, 0.1) is 41.5 Å². The van der Waals surface area contributed by atoms with Crippen molar-refractivity contribution in [1.29, 1.82) is 0 Å². The molecule has 0 N–H and O–H groups in total. The Balaban J connectivity index is 1.04. The second-order valence-corrected chi connectivity index (χ2v) is 14.4. The van der Waals surface area contributed by atoms with Crippen LogP contribution in [0.25, 0.3) is 24.3 Å². The lowest BCUT2D eigenvalue weighted by Gasteiger charge is -2.27. The van der Waals surface area contributed by atoms with Crippen LogP contribution in [0.3, 0.4) is 0 Å². The van der Waals surface area contributed by atoms with E-state index in [1.165, 1.54) is 55.9 Å². The van der Waals surface area contributed by atoms with Crippen molar-refractivity contribution in [3.05, 3.63) is 213 Å². The van der Waals surface area contributed by atoms with Gasteiger partial charge < -0.3 is 9.80 Å². The average molecular weight is 701 g/mol. The van der Waals surface area contributed by atoms with Crippen molar-refractivity contribution in [3.8, 4) is 0 Å². The van der Waals surface area contributed by atoms with E-state index < -0.39 is 0 Å². The number of hydrogen-bond donors (Lipinski definition) is 0. The molecule has 0 aliphatic carbocycles. The second kappa shape index (κ2) is 16.1. The van der Waals surface area contributed by atoms with Gasteiger partial charge in [-0.2, -0.15) is 0 Å². The highest BCUT2D eigenvalue weighted by atomic mass is 15.1. The van der Waals surface area contributed by atoms with Gasteiger partial charge in [-0.3, -0.25) is 0 Å². The molecule has 0 heterocycles. The molecule has 0 fully saturated rings. The predicted molar refractivity (Wildman–Crippen MR) is 235 cm³/mol. The first kappa shape index (κ1) is 36.0. The van der Waals surface area contributed by atoms with E-state index in [-0.39, 0.29) is 0 Å². The molecule has 0 saturated carbocycles. The molecule has 0 saturated heterocycles. The lowest BCUT2D eigenvalue weighted by Crippen LogP contribution is -2.11. The van der Waals surface area contributed by atoms with E-state index in [0.29, 0.717) is 0 Å². The van der Waals surface area contributed by atoms with Gasteiger partial charge >= 0.3 is 0 Å². The molecule has 0 aliphatic heterocycles. The summed E-state index contributed by atoms with van der Waals surface area (Å²) in [5, 5.41) is 0. The standard InChI is InChI=1S/C52H48N2/c1-37-9-7-11-49(35-37)53(51-31-13-39(3)33-41(51)5)47-27-23-45(24-28-47)21-19-43-15-17-44(18-16-43)20-22-46-25-29-48(30-26-46)54(50-12-8-10-38(2)36-50)52-32-14-40(4)34-42(52)6/h7-36H,1-6H3. The summed E-state index contributed by atoms with van der Waals surface area (Å²) < 4.78 is 0. The summed E-state index contributed by atoms with van der Waals surface area (Å²) in [4.78, 5) is 4.70. The quantitative estimate of drug-likeness (QED) is 0.131. The molecule has 0 radical (unpaired) electrons. The number of nitrogens with zero attached hydrogens (tertiary/aromatic N) is 2. The van der Waals surface area contributed by atoms with Crippen molar-refractivity contribution in [2.75, 3.05) is 9.80 Å². The van der Waals surface area contributed by atoms with Gasteiger partial charge in [0.25, 0.3) is 0 Å². The van der Waals surface area contributed by atoms with Crippen LogP contribution in [0.1, 0.15) is 55.6 Å². The molecule has 0 bridgehead atoms. The maximum absolute atomic E-state index is 2.35. The third-order valence-electron chi connectivity index (χ3n) is 9.88. The monoisotopic (exact) mass is 700 g/mol. The zero-order chi connectivity index (χ0) is 37.6. The van der Waals surface area contributed by atoms with Gasteiger partial charge in [-0.05, 0) is 147 Å². The van der Waals surface area contributed by atoms with E-state index in [9.17, 15) is 0 Å². The van der Waals surface area contributed by atoms with Crippen LogP contribution in [0.15, 0.2) is 158 Å². The third-order valence-corrected chi connectivity index (χ3v) is 9.88. The zero-order valence-corrected chi connectivity index (χ0v) is 32.2. The maximum Gasteiger partial charge on any atom is 0.0490 e. The minimum atomic E-state index is 1.14. The summed E-state index contributed by atoms with van der Waals surface area (Å²) in [6, 6.07) is 57.1. The fraction of sp³-hybridized carbons (Fsp3) is 0.115. The highest BCUT2D eigenvalue weighted by Crippen LogP contribution is 2.39. The molecule has 2 heteroatoms. The Bertz CT molecular complexity index is 2260. The molecule has 266 valence electrons. The largest absolute Gasteiger partial charge is 0.310 e. The minimum Gasteiger partial charge on any atom is -0.310 e. The number of hydrogen-bond acceptors (Lipinski definition) is 2. The molecule has 7 aromatic carbocycles. The Morgan fingerprint density at radius 2 is 0.611 bits per heavy atom. The van der Waals surface area contributed by atoms with E-state index in [1.807, 2.05) is 0 Å². The van der Waals surface area contributed by atoms with Gasteiger partial charge in [0.05, 0.1) is 0 Å². The first-order valence-corrected chi connectivity index (χ1v) is 18.7. The highest BCUT2D eigenvalue weighted by Gasteiger charge is 2.16. The van der Waals surface area contributed by atoms with E-state index in [2.05, 4.69) is 233 Å². The van der Waals surface area contributed by atoms with Gasteiger partial charge in [-0.25, -0.2) is 0 Å². The molecule has 7 aromatic rings. The smallest absolute Gasteiger partial charge is 0.0490 e. The Labute approximate surface area is 322 Å². The number of rotatable bonds is 10. The first-order valence-electron chi connectivity index (χ1n) is 18.7. The summed E-state index contributed by atoms with van der Waals surface area (Å²) in [6.45, 7) is 13.0. The van der Waals surface area contributed by atoms with Gasteiger partial charge in [0, 0.05) is 34.1 Å². The Hall–Kier alpha value is -6.38.